The molecule has 2 N–H and O–H groups in total. The molecule has 4 aromatic rings. The van der Waals surface area contributed by atoms with Crippen molar-refractivity contribution in [3.8, 4) is 11.4 Å². The molecule has 0 aliphatic rings. The van der Waals surface area contributed by atoms with Crippen LogP contribution in [0.1, 0.15) is 12.7 Å². The van der Waals surface area contributed by atoms with Crippen LogP contribution in [0.3, 0.4) is 0 Å². The third-order valence-corrected chi connectivity index (χ3v) is 4.83. The van der Waals surface area contributed by atoms with Crippen molar-refractivity contribution in [3.63, 3.8) is 0 Å². The van der Waals surface area contributed by atoms with Gasteiger partial charge in [-0.1, -0.05) is 12.1 Å². The van der Waals surface area contributed by atoms with Gasteiger partial charge in [0.05, 0.1) is 18.3 Å². The Kier molecular flexibility index (Phi) is 4.84. The Bertz CT molecular complexity index is 1050. The van der Waals surface area contributed by atoms with Crippen LogP contribution in [0.25, 0.3) is 22.3 Å². The van der Waals surface area contributed by atoms with Gasteiger partial charge in [0.2, 0.25) is 5.91 Å². The zero-order valence-corrected chi connectivity index (χ0v) is 15.5. The van der Waals surface area contributed by atoms with Crippen LogP contribution in [-0.4, -0.2) is 21.9 Å². The lowest BCUT2D eigenvalue weighted by molar-refractivity contribution is -0.121. The molecule has 1 aromatic carbocycles. The van der Waals surface area contributed by atoms with E-state index in [1.165, 1.54) is 0 Å². The maximum absolute atomic E-state index is 12.4. The smallest absolute Gasteiger partial charge is 0.242 e. The van der Waals surface area contributed by atoms with E-state index in [9.17, 15) is 4.79 Å². The van der Waals surface area contributed by atoms with E-state index in [2.05, 4.69) is 20.6 Å². The highest BCUT2D eigenvalue weighted by molar-refractivity contribution is 7.08. The predicted molar refractivity (Wildman–Crippen MR) is 106 cm³/mol. The number of nitrogens with one attached hydrogen (secondary N) is 2. The SMILES string of the molecule is CC(Nc1nc(-c2ccsc2)nc2ccccc12)C(=O)NCc1ccco1. The van der Waals surface area contributed by atoms with E-state index in [-0.39, 0.29) is 5.91 Å². The van der Waals surface area contributed by atoms with E-state index < -0.39 is 6.04 Å². The molecule has 3 aromatic heterocycles. The molecular formula is C20H18N4O2S. The zero-order valence-electron chi connectivity index (χ0n) is 14.7. The number of nitrogens with zero attached hydrogens (tertiary/aromatic N) is 2. The van der Waals surface area contributed by atoms with Crippen LogP contribution >= 0.6 is 11.3 Å². The van der Waals surface area contributed by atoms with Crippen LogP contribution in [0.15, 0.2) is 63.9 Å². The number of thiophene rings is 1. The van der Waals surface area contributed by atoms with E-state index in [0.29, 0.717) is 23.9 Å². The summed E-state index contributed by atoms with van der Waals surface area (Å²) in [7, 11) is 0. The molecule has 4 rings (SSSR count). The number of anilines is 1. The number of para-hydroxylation sites is 1. The summed E-state index contributed by atoms with van der Waals surface area (Å²) in [6, 6.07) is 12.9. The Balaban J connectivity index is 1.57. The van der Waals surface area contributed by atoms with E-state index in [4.69, 9.17) is 4.42 Å². The molecule has 0 radical (unpaired) electrons. The van der Waals surface area contributed by atoms with Crippen molar-refractivity contribution in [3.05, 3.63) is 65.2 Å². The van der Waals surface area contributed by atoms with Crippen LogP contribution in [0.4, 0.5) is 5.82 Å². The lowest BCUT2D eigenvalue weighted by Gasteiger charge is -2.16. The Morgan fingerprint density at radius 1 is 1.19 bits per heavy atom. The third-order valence-electron chi connectivity index (χ3n) is 4.15. The molecular weight excluding hydrogens is 360 g/mol. The van der Waals surface area contributed by atoms with Gasteiger partial charge in [0.1, 0.15) is 17.6 Å². The third kappa shape index (κ3) is 3.83. The summed E-state index contributed by atoms with van der Waals surface area (Å²) >= 11 is 1.60. The highest BCUT2D eigenvalue weighted by Gasteiger charge is 2.16. The van der Waals surface area contributed by atoms with Gasteiger partial charge in [-0.3, -0.25) is 4.79 Å². The summed E-state index contributed by atoms with van der Waals surface area (Å²) in [5.41, 5.74) is 1.79. The zero-order chi connectivity index (χ0) is 18.6. The van der Waals surface area contributed by atoms with Crippen molar-refractivity contribution in [2.75, 3.05) is 5.32 Å². The lowest BCUT2D eigenvalue weighted by atomic mass is 10.2. The summed E-state index contributed by atoms with van der Waals surface area (Å²) < 4.78 is 5.24. The van der Waals surface area contributed by atoms with E-state index in [0.717, 1.165) is 16.5 Å². The monoisotopic (exact) mass is 378 g/mol. The average molecular weight is 378 g/mol. The molecule has 0 fully saturated rings. The van der Waals surface area contributed by atoms with Gasteiger partial charge < -0.3 is 15.1 Å². The summed E-state index contributed by atoms with van der Waals surface area (Å²) in [6.45, 7) is 2.15. The van der Waals surface area contributed by atoms with Crippen LogP contribution in [0, 0.1) is 0 Å². The van der Waals surface area contributed by atoms with E-state index >= 15 is 0 Å². The number of benzene rings is 1. The van der Waals surface area contributed by atoms with Gasteiger partial charge >= 0.3 is 0 Å². The fourth-order valence-corrected chi connectivity index (χ4v) is 3.35. The first-order chi connectivity index (χ1) is 13.2. The standard InChI is InChI=1S/C20H18N4O2S/c1-13(20(25)21-11-15-5-4-9-26-15)22-19-16-6-2-3-7-17(16)23-18(24-19)14-8-10-27-12-14/h2-10,12-13H,11H2,1H3,(H,21,25)(H,22,23,24). The molecule has 1 atom stereocenters. The number of rotatable bonds is 6. The Morgan fingerprint density at radius 3 is 2.85 bits per heavy atom. The molecule has 7 heteroatoms. The molecule has 136 valence electrons. The van der Waals surface area contributed by atoms with Gasteiger partial charge in [0.25, 0.3) is 0 Å². The maximum atomic E-state index is 12.4. The van der Waals surface area contributed by atoms with Gasteiger partial charge in [-0.05, 0) is 42.6 Å². The molecule has 27 heavy (non-hydrogen) atoms. The molecule has 0 saturated carbocycles. The highest BCUT2D eigenvalue weighted by atomic mass is 32.1. The molecule has 1 unspecified atom stereocenters. The molecule has 6 nitrogen and oxygen atoms in total. The Hall–Kier alpha value is -3.19. The summed E-state index contributed by atoms with van der Waals surface area (Å²) in [4.78, 5) is 21.7. The van der Waals surface area contributed by atoms with Crippen molar-refractivity contribution in [1.29, 1.82) is 0 Å². The molecule has 0 saturated heterocycles. The average Bonchev–Trinajstić information content (AvgIpc) is 3.39. The van der Waals surface area contributed by atoms with Gasteiger partial charge in [0, 0.05) is 16.3 Å². The number of aromatic nitrogens is 2. The van der Waals surface area contributed by atoms with E-state index in [1.54, 1.807) is 30.6 Å². The minimum absolute atomic E-state index is 0.133. The largest absolute Gasteiger partial charge is 0.467 e. The first kappa shape index (κ1) is 17.2. The Morgan fingerprint density at radius 2 is 2.07 bits per heavy atom. The van der Waals surface area contributed by atoms with Gasteiger partial charge in [0.15, 0.2) is 5.82 Å². The summed E-state index contributed by atoms with van der Waals surface area (Å²) in [5, 5.41) is 11.0. The lowest BCUT2D eigenvalue weighted by Crippen LogP contribution is -2.37. The van der Waals surface area contributed by atoms with Gasteiger partial charge in [-0.15, -0.1) is 0 Å². The second kappa shape index (κ2) is 7.59. The minimum atomic E-state index is -0.464. The number of hydrogen-bond acceptors (Lipinski definition) is 6. The number of carbonyl (C=O) groups is 1. The van der Waals surface area contributed by atoms with Crippen LogP contribution < -0.4 is 10.6 Å². The first-order valence-corrected chi connectivity index (χ1v) is 9.51. The molecule has 3 heterocycles. The second-order valence-electron chi connectivity index (χ2n) is 6.09. The first-order valence-electron chi connectivity index (χ1n) is 8.56. The number of furan rings is 1. The topological polar surface area (TPSA) is 80.0 Å². The fourth-order valence-electron chi connectivity index (χ4n) is 2.72. The fraction of sp³-hybridized carbons (Fsp3) is 0.150. The van der Waals surface area contributed by atoms with Crippen molar-refractivity contribution >= 4 is 34.0 Å². The summed E-state index contributed by atoms with van der Waals surface area (Å²) in [6.07, 6.45) is 1.59. The second-order valence-corrected chi connectivity index (χ2v) is 6.87. The number of carbonyl (C=O) groups excluding carboxylic acids is 1. The number of fused-ring (bicyclic) bond motifs is 1. The van der Waals surface area contributed by atoms with Gasteiger partial charge in [-0.2, -0.15) is 11.3 Å². The maximum Gasteiger partial charge on any atom is 0.242 e. The van der Waals surface area contributed by atoms with Crippen LogP contribution in [0.5, 0.6) is 0 Å². The van der Waals surface area contributed by atoms with Gasteiger partial charge in [-0.25, -0.2) is 9.97 Å². The predicted octanol–water partition coefficient (Wildman–Crippen LogP) is 4.07. The van der Waals surface area contributed by atoms with Crippen molar-refractivity contribution in [1.82, 2.24) is 15.3 Å². The molecule has 0 spiro atoms. The molecule has 0 aliphatic heterocycles. The number of hydrogen-bond donors (Lipinski definition) is 2. The quantitative estimate of drug-likeness (QED) is 0.529. The van der Waals surface area contributed by atoms with E-state index in [1.807, 2.05) is 47.2 Å². The normalized spacial score (nSPS) is 12.0. The van der Waals surface area contributed by atoms with Crippen molar-refractivity contribution in [2.45, 2.75) is 19.5 Å². The van der Waals surface area contributed by atoms with Crippen molar-refractivity contribution in [2.24, 2.45) is 0 Å². The van der Waals surface area contributed by atoms with Crippen LogP contribution in [0.2, 0.25) is 0 Å². The van der Waals surface area contributed by atoms with Crippen molar-refractivity contribution < 1.29 is 9.21 Å². The molecule has 1 amide bonds. The number of amides is 1. The highest BCUT2D eigenvalue weighted by Crippen LogP contribution is 2.26. The summed E-state index contributed by atoms with van der Waals surface area (Å²) in [5.74, 6) is 1.86. The molecule has 0 bridgehead atoms. The minimum Gasteiger partial charge on any atom is -0.467 e. The molecule has 0 aliphatic carbocycles. The van der Waals surface area contributed by atoms with Crippen LogP contribution in [-0.2, 0) is 11.3 Å². The Labute approximate surface area is 160 Å².